The summed E-state index contributed by atoms with van der Waals surface area (Å²) in [5.74, 6) is 0.593. The minimum absolute atomic E-state index is 0.0380. The van der Waals surface area contributed by atoms with Gasteiger partial charge in [-0.3, -0.25) is 4.79 Å². The summed E-state index contributed by atoms with van der Waals surface area (Å²) in [6.07, 6.45) is 2.15. The number of rotatable bonds is 4. The van der Waals surface area contributed by atoms with E-state index in [0.717, 1.165) is 12.4 Å². The van der Waals surface area contributed by atoms with Crippen molar-refractivity contribution in [3.8, 4) is 0 Å². The van der Waals surface area contributed by atoms with Crippen LogP contribution in [-0.4, -0.2) is 35.0 Å². The van der Waals surface area contributed by atoms with Crippen molar-refractivity contribution in [2.45, 2.75) is 25.1 Å². The first-order chi connectivity index (χ1) is 12.4. The van der Waals surface area contributed by atoms with Crippen LogP contribution in [0.4, 0.5) is 19.0 Å². The summed E-state index contributed by atoms with van der Waals surface area (Å²) in [5, 5.41) is 2.88. The van der Waals surface area contributed by atoms with Gasteiger partial charge in [0, 0.05) is 31.3 Å². The van der Waals surface area contributed by atoms with Gasteiger partial charge in [0.1, 0.15) is 23.6 Å². The highest BCUT2D eigenvalue weighted by Gasteiger charge is 2.33. The maximum atomic E-state index is 12.7. The summed E-state index contributed by atoms with van der Waals surface area (Å²) in [7, 11) is 0. The largest absolute Gasteiger partial charge is 0.465 e. The summed E-state index contributed by atoms with van der Waals surface area (Å²) in [6.45, 7) is 1.00. The van der Waals surface area contributed by atoms with Gasteiger partial charge in [0.2, 0.25) is 5.91 Å². The standard InChI is InChI=1S/C17H17F3N4O2/c18-17(19,20)14-10-15(22-11-21-14)24-7-5-12(6-8-24)23-16(25)4-3-13-2-1-9-26-13/h1-4,9-12H,5-8H2,(H,23,25)/b4-3+. The number of nitrogens with zero attached hydrogens (tertiary/aromatic N) is 3. The van der Waals surface area contributed by atoms with Crippen LogP contribution >= 0.6 is 0 Å². The van der Waals surface area contributed by atoms with Gasteiger partial charge in [-0.15, -0.1) is 0 Å². The Balaban J connectivity index is 1.52. The topological polar surface area (TPSA) is 71.3 Å². The van der Waals surface area contributed by atoms with Crippen LogP contribution < -0.4 is 10.2 Å². The third kappa shape index (κ3) is 4.62. The molecule has 2 aromatic rings. The average molecular weight is 366 g/mol. The van der Waals surface area contributed by atoms with Crippen molar-refractivity contribution >= 4 is 17.8 Å². The smallest absolute Gasteiger partial charge is 0.433 e. The Kier molecular flexibility index (Phi) is 5.24. The lowest BCUT2D eigenvalue weighted by Gasteiger charge is -2.33. The molecule has 1 aliphatic heterocycles. The maximum Gasteiger partial charge on any atom is 0.433 e. The molecule has 6 nitrogen and oxygen atoms in total. The lowest BCUT2D eigenvalue weighted by Crippen LogP contribution is -2.44. The number of hydrogen-bond acceptors (Lipinski definition) is 5. The van der Waals surface area contributed by atoms with Gasteiger partial charge in [-0.1, -0.05) is 0 Å². The SMILES string of the molecule is O=C(/C=C/c1ccco1)NC1CCN(c2cc(C(F)(F)F)ncn2)CC1. The molecular formula is C17H17F3N4O2. The van der Waals surface area contributed by atoms with Gasteiger partial charge in [0.05, 0.1) is 6.26 Å². The summed E-state index contributed by atoms with van der Waals surface area (Å²) in [5.41, 5.74) is -0.957. The third-order valence-corrected chi connectivity index (χ3v) is 4.05. The van der Waals surface area contributed by atoms with Gasteiger partial charge in [-0.25, -0.2) is 9.97 Å². The average Bonchev–Trinajstić information content (AvgIpc) is 3.14. The first kappa shape index (κ1) is 18.0. The molecule has 0 aromatic carbocycles. The van der Waals surface area contributed by atoms with Crippen LogP contribution in [0, 0.1) is 0 Å². The van der Waals surface area contributed by atoms with E-state index in [4.69, 9.17) is 4.42 Å². The summed E-state index contributed by atoms with van der Waals surface area (Å²) < 4.78 is 43.3. The molecule has 1 saturated heterocycles. The first-order valence-electron chi connectivity index (χ1n) is 8.08. The van der Waals surface area contributed by atoms with Crippen LogP contribution in [0.1, 0.15) is 24.3 Å². The molecule has 2 aromatic heterocycles. The fourth-order valence-electron chi connectivity index (χ4n) is 2.72. The summed E-state index contributed by atoms with van der Waals surface area (Å²) in [6, 6.07) is 4.37. The highest BCUT2D eigenvalue weighted by atomic mass is 19.4. The van der Waals surface area contributed by atoms with E-state index < -0.39 is 11.9 Å². The molecule has 1 amide bonds. The number of alkyl halides is 3. The van der Waals surface area contributed by atoms with Crippen molar-refractivity contribution in [2.24, 2.45) is 0 Å². The van der Waals surface area contributed by atoms with E-state index in [9.17, 15) is 18.0 Å². The molecule has 26 heavy (non-hydrogen) atoms. The predicted octanol–water partition coefficient (Wildman–Crippen LogP) is 2.89. The van der Waals surface area contributed by atoms with Gasteiger partial charge in [0.25, 0.3) is 0 Å². The van der Waals surface area contributed by atoms with E-state index in [0.29, 0.717) is 31.7 Å². The van der Waals surface area contributed by atoms with Crippen LogP contribution in [0.25, 0.3) is 6.08 Å². The van der Waals surface area contributed by atoms with Crippen LogP contribution in [0.3, 0.4) is 0 Å². The number of carbonyl (C=O) groups excluding carboxylic acids is 1. The number of furan rings is 1. The molecule has 3 heterocycles. The number of carbonyl (C=O) groups is 1. The van der Waals surface area contributed by atoms with Crippen molar-refractivity contribution in [3.05, 3.63) is 48.3 Å². The first-order valence-corrected chi connectivity index (χ1v) is 8.08. The monoisotopic (exact) mass is 366 g/mol. The second kappa shape index (κ2) is 7.59. The molecule has 0 unspecified atom stereocenters. The molecule has 3 rings (SSSR count). The fraction of sp³-hybridized carbons (Fsp3) is 0.353. The second-order valence-corrected chi connectivity index (χ2v) is 5.88. The zero-order valence-corrected chi connectivity index (χ0v) is 13.7. The molecule has 0 radical (unpaired) electrons. The predicted molar refractivity (Wildman–Crippen MR) is 88.2 cm³/mol. The van der Waals surface area contributed by atoms with Crippen LogP contribution in [0.5, 0.6) is 0 Å². The second-order valence-electron chi connectivity index (χ2n) is 5.88. The lowest BCUT2D eigenvalue weighted by atomic mass is 10.0. The van der Waals surface area contributed by atoms with Gasteiger partial charge in [-0.05, 0) is 31.1 Å². The van der Waals surface area contributed by atoms with Crippen molar-refractivity contribution in [1.29, 1.82) is 0 Å². The van der Waals surface area contributed by atoms with E-state index in [2.05, 4.69) is 15.3 Å². The summed E-state index contributed by atoms with van der Waals surface area (Å²) >= 11 is 0. The number of piperidine rings is 1. The molecule has 1 aliphatic rings. The van der Waals surface area contributed by atoms with Gasteiger partial charge in [0.15, 0.2) is 0 Å². The molecule has 0 spiro atoms. The molecule has 0 saturated carbocycles. The Morgan fingerprint density at radius 3 is 2.73 bits per heavy atom. The number of hydrogen-bond donors (Lipinski definition) is 1. The van der Waals surface area contributed by atoms with Crippen molar-refractivity contribution in [2.75, 3.05) is 18.0 Å². The van der Waals surface area contributed by atoms with Crippen LogP contribution in [0.2, 0.25) is 0 Å². The molecular weight excluding hydrogens is 349 g/mol. The molecule has 0 aliphatic carbocycles. The zero-order valence-electron chi connectivity index (χ0n) is 13.7. The fourth-order valence-corrected chi connectivity index (χ4v) is 2.72. The van der Waals surface area contributed by atoms with Gasteiger partial charge in [-0.2, -0.15) is 13.2 Å². The Morgan fingerprint density at radius 1 is 1.31 bits per heavy atom. The Hall–Kier alpha value is -2.84. The molecule has 0 atom stereocenters. The highest BCUT2D eigenvalue weighted by molar-refractivity contribution is 5.91. The molecule has 138 valence electrons. The Bertz CT molecular complexity index is 767. The van der Waals surface area contributed by atoms with E-state index in [1.807, 2.05) is 0 Å². The Labute approximate surface area is 147 Å². The van der Waals surface area contributed by atoms with E-state index in [-0.39, 0.29) is 17.8 Å². The Morgan fingerprint density at radius 2 is 2.08 bits per heavy atom. The third-order valence-electron chi connectivity index (χ3n) is 4.05. The highest BCUT2D eigenvalue weighted by Crippen LogP contribution is 2.29. The van der Waals surface area contributed by atoms with E-state index in [1.54, 1.807) is 23.1 Å². The van der Waals surface area contributed by atoms with Crippen molar-refractivity contribution in [1.82, 2.24) is 15.3 Å². The number of aromatic nitrogens is 2. The number of amides is 1. The lowest BCUT2D eigenvalue weighted by molar-refractivity contribution is -0.141. The number of halogens is 3. The molecule has 9 heteroatoms. The molecule has 0 bridgehead atoms. The number of anilines is 1. The van der Waals surface area contributed by atoms with Gasteiger partial charge >= 0.3 is 6.18 Å². The summed E-state index contributed by atoms with van der Waals surface area (Å²) in [4.78, 5) is 20.9. The van der Waals surface area contributed by atoms with Crippen molar-refractivity contribution in [3.63, 3.8) is 0 Å². The van der Waals surface area contributed by atoms with Gasteiger partial charge < -0.3 is 14.6 Å². The normalized spacial score (nSPS) is 16.2. The number of nitrogens with one attached hydrogen (secondary N) is 1. The zero-order chi connectivity index (χ0) is 18.6. The van der Waals surface area contributed by atoms with Crippen LogP contribution in [-0.2, 0) is 11.0 Å². The maximum absolute atomic E-state index is 12.7. The molecule has 1 N–H and O–H groups in total. The quantitative estimate of drug-likeness (QED) is 0.843. The van der Waals surface area contributed by atoms with E-state index in [1.165, 1.54) is 12.3 Å². The van der Waals surface area contributed by atoms with E-state index >= 15 is 0 Å². The van der Waals surface area contributed by atoms with Crippen molar-refractivity contribution < 1.29 is 22.4 Å². The minimum atomic E-state index is -4.50. The molecule has 1 fully saturated rings. The van der Waals surface area contributed by atoms with Crippen LogP contribution in [0.15, 0.2) is 41.3 Å². The minimum Gasteiger partial charge on any atom is -0.465 e.